The highest BCUT2D eigenvalue weighted by Gasteiger charge is 2.32. The minimum Gasteiger partial charge on any atom is -0.370 e. The van der Waals surface area contributed by atoms with Gasteiger partial charge < -0.3 is 5.73 Å². The van der Waals surface area contributed by atoms with Crippen molar-refractivity contribution in [1.82, 2.24) is 0 Å². The molecule has 140 valence electrons. The van der Waals surface area contributed by atoms with Crippen LogP contribution < -0.4 is 5.73 Å². The molecule has 1 unspecified atom stereocenters. The Hall–Kier alpha value is -2.82. The second kappa shape index (κ2) is 7.43. The summed E-state index contributed by atoms with van der Waals surface area (Å²) < 4.78 is 39.4. The molecule has 0 fully saturated rings. The van der Waals surface area contributed by atoms with E-state index < -0.39 is 23.6 Å². The summed E-state index contributed by atoms with van der Waals surface area (Å²) in [5.74, 6) is -1.17. The highest BCUT2D eigenvalue weighted by atomic mass is 19.4. The first-order valence-corrected chi connectivity index (χ1v) is 8.70. The summed E-state index contributed by atoms with van der Waals surface area (Å²) in [6.45, 7) is 1.93. The van der Waals surface area contributed by atoms with Crippen LogP contribution in [0.15, 0.2) is 66.7 Å². The van der Waals surface area contributed by atoms with Gasteiger partial charge in [-0.05, 0) is 39.8 Å². The molecule has 3 aromatic rings. The molecule has 0 aromatic heterocycles. The highest BCUT2D eigenvalue weighted by Crippen LogP contribution is 2.40. The van der Waals surface area contributed by atoms with Crippen molar-refractivity contribution in [2.45, 2.75) is 31.4 Å². The molecule has 3 aromatic carbocycles. The molecule has 0 radical (unpaired) electrons. The van der Waals surface area contributed by atoms with Crippen LogP contribution in [0.5, 0.6) is 0 Å². The third kappa shape index (κ3) is 4.13. The fraction of sp³-hybridized carbons (Fsp3) is 0.227. The third-order valence-corrected chi connectivity index (χ3v) is 4.98. The van der Waals surface area contributed by atoms with Crippen LogP contribution in [0.4, 0.5) is 13.2 Å². The monoisotopic (exact) mass is 371 g/mol. The lowest BCUT2D eigenvalue weighted by atomic mass is 9.78. The van der Waals surface area contributed by atoms with Crippen molar-refractivity contribution in [3.8, 4) is 0 Å². The lowest BCUT2D eigenvalue weighted by molar-refractivity contribution is -0.137. The third-order valence-electron chi connectivity index (χ3n) is 4.98. The molecule has 2 N–H and O–H groups in total. The average molecular weight is 371 g/mol. The number of amides is 1. The zero-order valence-electron chi connectivity index (χ0n) is 14.8. The summed E-state index contributed by atoms with van der Waals surface area (Å²) in [4.78, 5) is 11.7. The molecule has 0 aliphatic rings. The van der Waals surface area contributed by atoms with Gasteiger partial charge in [-0.2, -0.15) is 13.2 Å². The zero-order valence-corrected chi connectivity index (χ0v) is 14.8. The van der Waals surface area contributed by atoms with E-state index in [2.05, 4.69) is 0 Å². The van der Waals surface area contributed by atoms with Gasteiger partial charge in [0.25, 0.3) is 0 Å². The van der Waals surface area contributed by atoms with Gasteiger partial charge in [-0.25, -0.2) is 0 Å². The van der Waals surface area contributed by atoms with Crippen LogP contribution in [0.1, 0.15) is 41.9 Å². The second-order valence-corrected chi connectivity index (χ2v) is 6.76. The van der Waals surface area contributed by atoms with Gasteiger partial charge in [-0.3, -0.25) is 4.79 Å². The van der Waals surface area contributed by atoms with Gasteiger partial charge in [0.15, 0.2) is 0 Å². The molecule has 0 aliphatic heterocycles. The standard InChI is InChI=1S/C22H20F3NO/c1-14(18-11-5-7-15-6-2-3-10-19(15)18)20(13-21(26)27)16-8-4-9-17(12-16)22(23,24)25/h2-12,14,20H,13H2,1H3,(H2,26,27)/t14-,20?/m0/s1. The largest absolute Gasteiger partial charge is 0.416 e. The molecule has 0 saturated heterocycles. The smallest absolute Gasteiger partial charge is 0.370 e. The van der Waals surface area contributed by atoms with Crippen LogP contribution in [-0.2, 0) is 11.0 Å². The molecule has 0 heterocycles. The van der Waals surface area contributed by atoms with E-state index in [1.807, 2.05) is 49.4 Å². The Morgan fingerprint density at radius 2 is 1.67 bits per heavy atom. The van der Waals surface area contributed by atoms with Gasteiger partial charge >= 0.3 is 6.18 Å². The molecule has 0 spiro atoms. The van der Waals surface area contributed by atoms with Gasteiger partial charge in [0, 0.05) is 6.42 Å². The maximum Gasteiger partial charge on any atom is 0.416 e. The van der Waals surface area contributed by atoms with Crippen LogP contribution in [0.3, 0.4) is 0 Å². The number of primary amides is 1. The number of hydrogen-bond donors (Lipinski definition) is 1. The molecule has 0 saturated carbocycles. The number of rotatable bonds is 5. The van der Waals surface area contributed by atoms with Gasteiger partial charge in [-0.1, -0.05) is 67.6 Å². The van der Waals surface area contributed by atoms with Crippen LogP contribution in [0.25, 0.3) is 10.8 Å². The summed E-state index contributed by atoms with van der Waals surface area (Å²) in [6.07, 6.45) is -4.46. The van der Waals surface area contributed by atoms with Crippen molar-refractivity contribution in [1.29, 1.82) is 0 Å². The second-order valence-electron chi connectivity index (χ2n) is 6.76. The van der Waals surface area contributed by atoms with Crippen LogP contribution in [-0.4, -0.2) is 5.91 Å². The van der Waals surface area contributed by atoms with E-state index in [-0.39, 0.29) is 12.3 Å². The first-order valence-electron chi connectivity index (χ1n) is 8.70. The predicted octanol–water partition coefficient (Wildman–Crippen LogP) is 5.62. The average Bonchev–Trinajstić information content (AvgIpc) is 2.64. The number of halogens is 3. The molecule has 1 amide bonds. The van der Waals surface area contributed by atoms with Crippen molar-refractivity contribution in [3.05, 3.63) is 83.4 Å². The van der Waals surface area contributed by atoms with Crippen molar-refractivity contribution < 1.29 is 18.0 Å². The quantitative estimate of drug-likeness (QED) is 0.621. The molecule has 3 rings (SSSR count). The molecule has 0 aliphatic carbocycles. The van der Waals surface area contributed by atoms with Crippen molar-refractivity contribution >= 4 is 16.7 Å². The van der Waals surface area contributed by atoms with Crippen molar-refractivity contribution in [3.63, 3.8) is 0 Å². The number of nitrogens with two attached hydrogens (primary N) is 1. The Bertz CT molecular complexity index is 960. The number of carbonyl (C=O) groups is 1. The van der Waals surface area contributed by atoms with E-state index in [9.17, 15) is 18.0 Å². The van der Waals surface area contributed by atoms with Crippen molar-refractivity contribution in [2.75, 3.05) is 0 Å². The number of fused-ring (bicyclic) bond motifs is 1. The molecule has 27 heavy (non-hydrogen) atoms. The number of hydrogen-bond acceptors (Lipinski definition) is 1. The minimum atomic E-state index is -4.43. The predicted molar refractivity (Wildman–Crippen MR) is 100 cm³/mol. The fourth-order valence-corrected chi connectivity index (χ4v) is 3.61. The van der Waals surface area contributed by atoms with E-state index in [0.717, 1.165) is 28.5 Å². The molecule has 5 heteroatoms. The highest BCUT2D eigenvalue weighted by molar-refractivity contribution is 5.86. The molecular formula is C22H20F3NO. The molecule has 0 bridgehead atoms. The summed E-state index contributed by atoms with van der Waals surface area (Å²) >= 11 is 0. The van der Waals surface area contributed by atoms with Crippen LogP contribution in [0.2, 0.25) is 0 Å². The summed E-state index contributed by atoms with van der Waals surface area (Å²) in [5, 5.41) is 2.07. The van der Waals surface area contributed by atoms with Gasteiger partial charge in [0.05, 0.1) is 5.56 Å². The Morgan fingerprint density at radius 3 is 2.37 bits per heavy atom. The van der Waals surface area contributed by atoms with E-state index in [1.54, 1.807) is 6.07 Å². The van der Waals surface area contributed by atoms with Gasteiger partial charge in [-0.15, -0.1) is 0 Å². The Kier molecular flexibility index (Phi) is 5.22. The summed E-state index contributed by atoms with van der Waals surface area (Å²) in [5.41, 5.74) is 6.14. The van der Waals surface area contributed by atoms with Crippen molar-refractivity contribution in [2.24, 2.45) is 5.73 Å². The Balaban J connectivity index is 2.08. The first-order chi connectivity index (χ1) is 12.8. The van der Waals surface area contributed by atoms with E-state index in [0.29, 0.717) is 5.56 Å². The molecular weight excluding hydrogens is 351 g/mol. The van der Waals surface area contributed by atoms with Gasteiger partial charge in [0.1, 0.15) is 0 Å². The zero-order chi connectivity index (χ0) is 19.6. The maximum atomic E-state index is 13.1. The van der Waals surface area contributed by atoms with Crippen LogP contribution in [0, 0.1) is 0 Å². The van der Waals surface area contributed by atoms with Crippen LogP contribution >= 0.6 is 0 Å². The van der Waals surface area contributed by atoms with Gasteiger partial charge in [0.2, 0.25) is 5.91 Å². The Labute approximate surface area is 155 Å². The number of carbonyl (C=O) groups excluding carboxylic acids is 1. The SMILES string of the molecule is C[C@@H](c1cccc2ccccc12)C(CC(N)=O)c1cccc(C(F)(F)F)c1. The number of benzene rings is 3. The fourth-order valence-electron chi connectivity index (χ4n) is 3.61. The normalized spacial score (nSPS) is 14.1. The molecule has 2 atom stereocenters. The van der Waals surface area contributed by atoms with E-state index >= 15 is 0 Å². The maximum absolute atomic E-state index is 13.1. The summed E-state index contributed by atoms with van der Waals surface area (Å²) in [7, 11) is 0. The minimum absolute atomic E-state index is 0.0221. The lowest BCUT2D eigenvalue weighted by Crippen LogP contribution is -2.20. The Morgan fingerprint density at radius 1 is 1.00 bits per heavy atom. The number of alkyl halides is 3. The first kappa shape index (κ1) is 19.0. The topological polar surface area (TPSA) is 43.1 Å². The summed E-state index contributed by atoms with van der Waals surface area (Å²) in [6, 6.07) is 18.8. The van der Waals surface area contributed by atoms with E-state index in [1.165, 1.54) is 6.07 Å². The van der Waals surface area contributed by atoms with E-state index in [4.69, 9.17) is 5.73 Å². The lowest BCUT2D eigenvalue weighted by Gasteiger charge is -2.26. The molecule has 2 nitrogen and oxygen atoms in total.